The van der Waals surface area contributed by atoms with Crippen molar-refractivity contribution in [2.24, 2.45) is 0 Å². The summed E-state index contributed by atoms with van der Waals surface area (Å²) < 4.78 is 25.7. The summed E-state index contributed by atoms with van der Waals surface area (Å²) in [6.07, 6.45) is 0. The molecule has 0 bridgehead atoms. The van der Waals surface area contributed by atoms with Crippen LogP contribution >= 0.6 is 0 Å². The molecular formula is C19H25N3O3S. The number of carbonyl (C=O) groups excluding carboxylic acids is 1. The van der Waals surface area contributed by atoms with E-state index in [1.807, 2.05) is 49.3 Å². The summed E-state index contributed by atoms with van der Waals surface area (Å²) in [7, 11) is 3.21. The number of amides is 1. The average molecular weight is 375 g/mol. The Kier molecular flexibility index (Phi) is 6.52. The topological polar surface area (TPSA) is 69.7 Å². The van der Waals surface area contributed by atoms with Gasteiger partial charge in [0, 0.05) is 26.2 Å². The van der Waals surface area contributed by atoms with E-state index in [-0.39, 0.29) is 16.8 Å². The van der Waals surface area contributed by atoms with Gasteiger partial charge in [-0.1, -0.05) is 36.4 Å². The maximum absolute atomic E-state index is 12.7. The van der Waals surface area contributed by atoms with Gasteiger partial charge in [-0.2, -0.15) is 0 Å². The molecule has 0 spiro atoms. The molecule has 1 atom stereocenters. The lowest BCUT2D eigenvalue weighted by atomic mass is 10.1. The third-order valence-electron chi connectivity index (χ3n) is 3.93. The third-order valence-corrected chi connectivity index (χ3v) is 5.74. The number of nitrogens with zero attached hydrogens (tertiary/aromatic N) is 2. The maximum Gasteiger partial charge on any atom is 0.251 e. The van der Waals surface area contributed by atoms with E-state index in [0.717, 1.165) is 9.87 Å². The lowest BCUT2D eigenvalue weighted by Crippen LogP contribution is -2.35. The zero-order chi connectivity index (χ0) is 19.3. The number of carbonyl (C=O) groups is 1. The lowest BCUT2D eigenvalue weighted by Gasteiger charge is -2.23. The minimum absolute atomic E-state index is 0.0963. The number of hydrogen-bond acceptors (Lipinski definition) is 4. The zero-order valence-corrected chi connectivity index (χ0v) is 16.3. The Balaban J connectivity index is 2.27. The number of hydrogen-bond donors (Lipinski definition) is 1. The Hall–Kier alpha value is -2.22. The van der Waals surface area contributed by atoms with Crippen LogP contribution in [0.25, 0.3) is 0 Å². The minimum atomic E-state index is -3.59. The molecule has 7 heteroatoms. The van der Waals surface area contributed by atoms with Crippen molar-refractivity contribution in [3.8, 4) is 0 Å². The molecule has 0 aliphatic carbocycles. The Morgan fingerprint density at radius 1 is 1.00 bits per heavy atom. The molecule has 0 aliphatic heterocycles. The number of sulfonamides is 1. The average Bonchev–Trinajstić information content (AvgIpc) is 2.61. The fourth-order valence-corrected chi connectivity index (χ4v) is 3.48. The first kappa shape index (κ1) is 20.1. The van der Waals surface area contributed by atoms with Crippen molar-refractivity contribution in [2.75, 3.05) is 34.7 Å². The summed E-state index contributed by atoms with van der Waals surface area (Å²) in [5.41, 5.74) is 1.30. The third kappa shape index (κ3) is 4.91. The number of likely N-dealkylation sites (N-methyl/N-ethyl adjacent to an activating group) is 1. The van der Waals surface area contributed by atoms with Gasteiger partial charge in [0.25, 0.3) is 5.91 Å². The molecule has 0 fully saturated rings. The summed E-state index contributed by atoms with van der Waals surface area (Å²) in [5.74, 6) is -0.309. The predicted molar refractivity (Wildman–Crippen MR) is 103 cm³/mol. The molecule has 0 heterocycles. The van der Waals surface area contributed by atoms with E-state index in [1.54, 1.807) is 12.1 Å². The highest BCUT2D eigenvalue weighted by Gasteiger charge is 2.20. The van der Waals surface area contributed by atoms with E-state index >= 15 is 0 Å². The molecule has 1 N–H and O–H groups in total. The van der Waals surface area contributed by atoms with E-state index in [9.17, 15) is 13.2 Å². The molecule has 2 aromatic carbocycles. The summed E-state index contributed by atoms with van der Waals surface area (Å²) >= 11 is 0. The second kappa shape index (κ2) is 8.44. The van der Waals surface area contributed by atoms with Crippen molar-refractivity contribution in [3.63, 3.8) is 0 Å². The van der Waals surface area contributed by atoms with Crippen molar-refractivity contribution in [1.29, 1.82) is 0 Å². The Bertz CT molecular complexity index is 849. The van der Waals surface area contributed by atoms with Crippen molar-refractivity contribution >= 4 is 15.9 Å². The van der Waals surface area contributed by atoms with Crippen LogP contribution in [0.4, 0.5) is 0 Å². The van der Waals surface area contributed by atoms with Gasteiger partial charge >= 0.3 is 0 Å². The van der Waals surface area contributed by atoms with Gasteiger partial charge in [-0.15, -0.1) is 0 Å². The Morgan fingerprint density at radius 3 is 2.23 bits per heavy atom. The van der Waals surface area contributed by atoms with Gasteiger partial charge in [-0.05, 0) is 37.9 Å². The summed E-state index contributed by atoms with van der Waals surface area (Å²) in [5, 5.41) is 3.00. The Morgan fingerprint density at radius 2 is 1.65 bits per heavy atom. The fraction of sp³-hybridized carbons (Fsp3) is 0.316. The molecule has 0 aromatic heterocycles. The quantitative estimate of drug-likeness (QED) is 0.803. The number of benzene rings is 2. The first-order chi connectivity index (χ1) is 12.2. The van der Waals surface area contributed by atoms with E-state index in [4.69, 9.17) is 0 Å². The first-order valence-electron chi connectivity index (χ1n) is 8.25. The predicted octanol–water partition coefficient (Wildman–Crippen LogP) is 1.97. The van der Waals surface area contributed by atoms with Gasteiger partial charge in [0.15, 0.2) is 0 Å². The SMILES string of the molecule is CN(C)C[C@H](NC(=O)c1cccc(S(=O)(=O)N(C)C)c1)c1ccccc1. The maximum atomic E-state index is 12.7. The smallest absolute Gasteiger partial charge is 0.251 e. The molecule has 2 rings (SSSR count). The van der Waals surface area contributed by atoms with Crippen LogP contribution in [0.5, 0.6) is 0 Å². The van der Waals surface area contributed by atoms with Gasteiger partial charge in [0.1, 0.15) is 0 Å². The van der Waals surface area contributed by atoms with Crippen LogP contribution in [0.1, 0.15) is 22.0 Å². The number of nitrogens with one attached hydrogen (secondary N) is 1. The number of rotatable bonds is 7. The molecule has 0 saturated carbocycles. The highest BCUT2D eigenvalue weighted by atomic mass is 32.2. The standard InChI is InChI=1S/C19H25N3O3S/c1-21(2)14-18(15-9-6-5-7-10-15)20-19(23)16-11-8-12-17(13-16)26(24,25)22(3)4/h5-13,18H,14H2,1-4H3,(H,20,23)/t18-/m0/s1. The first-order valence-corrected chi connectivity index (χ1v) is 9.69. The van der Waals surface area contributed by atoms with E-state index in [2.05, 4.69) is 5.32 Å². The van der Waals surface area contributed by atoms with Gasteiger partial charge in [0.2, 0.25) is 10.0 Å². The molecule has 0 radical (unpaired) electrons. The normalized spacial score (nSPS) is 13.0. The zero-order valence-electron chi connectivity index (χ0n) is 15.5. The van der Waals surface area contributed by atoms with Crippen molar-refractivity contribution in [1.82, 2.24) is 14.5 Å². The molecule has 0 unspecified atom stereocenters. The van der Waals surface area contributed by atoms with Gasteiger partial charge in [0.05, 0.1) is 10.9 Å². The van der Waals surface area contributed by atoms with Crippen LogP contribution in [-0.4, -0.2) is 58.3 Å². The summed E-state index contributed by atoms with van der Waals surface area (Å²) in [6.45, 7) is 0.630. The van der Waals surface area contributed by atoms with Crippen LogP contribution in [0.3, 0.4) is 0 Å². The van der Waals surface area contributed by atoms with Crippen LogP contribution in [-0.2, 0) is 10.0 Å². The second-order valence-electron chi connectivity index (χ2n) is 6.51. The lowest BCUT2D eigenvalue weighted by molar-refractivity contribution is 0.0929. The van der Waals surface area contributed by atoms with Crippen molar-refractivity contribution in [2.45, 2.75) is 10.9 Å². The highest BCUT2D eigenvalue weighted by molar-refractivity contribution is 7.89. The molecule has 1 amide bonds. The van der Waals surface area contributed by atoms with Crippen LogP contribution < -0.4 is 5.32 Å². The van der Waals surface area contributed by atoms with Gasteiger partial charge in [-0.25, -0.2) is 12.7 Å². The van der Waals surface area contributed by atoms with E-state index in [1.165, 1.54) is 26.2 Å². The van der Waals surface area contributed by atoms with Crippen molar-refractivity contribution < 1.29 is 13.2 Å². The fourth-order valence-electron chi connectivity index (χ4n) is 2.54. The molecular weight excluding hydrogens is 350 g/mol. The molecule has 0 aliphatic rings. The second-order valence-corrected chi connectivity index (χ2v) is 8.67. The minimum Gasteiger partial charge on any atom is -0.344 e. The molecule has 0 saturated heterocycles. The van der Waals surface area contributed by atoms with Crippen LogP contribution in [0.15, 0.2) is 59.5 Å². The summed E-state index contributed by atoms with van der Waals surface area (Å²) in [6, 6.07) is 15.6. The van der Waals surface area contributed by atoms with Crippen LogP contribution in [0, 0.1) is 0 Å². The summed E-state index contributed by atoms with van der Waals surface area (Å²) in [4.78, 5) is 14.8. The molecule has 140 valence electrons. The molecule has 26 heavy (non-hydrogen) atoms. The van der Waals surface area contributed by atoms with Crippen molar-refractivity contribution in [3.05, 3.63) is 65.7 Å². The van der Waals surface area contributed by atoms with E-state index < -0.39 is 10.0 Å². The van der Waals surface area contributed by atoms with Crippen LogP contribution in [0.2, 0.25) is 0 Å². The molecule has 2 aromatic rings. The molecule has 6 nitrogen and oxygen atoms in total. The van der Waals surface area contributed by atoms with Gasteiger partial charge < -0.3 is 10.2 Å². The monoisotopic (exact) mass is 375 g/mol. The largest absolute Gasteiger partial charge is 0.344 e. The van der Waals surface area contributed by atoms with E-state index in [0.29, 0.717) is 12.1 Å². The highest BCUT2D eigenvalue weighted by Crippen LogP contribution is 2.17. The Labute approximate surface area is 155 Å². The van der Waals surface area contributed by atoms with Gasteiger partial charge in [-0.3, -0.25) is 4.79 Å².